The molecule has 1 atom stereocenters. The molecule has 1 unspecified atom stereocenters. The summed E-state index contributed by atoms with van der Waals surface area (Å²) in [5, 5.41) is 5.72. The number of hydrogen-bond acceptors (Lipinski definition) is 5. The van der Waals surface area contributed by atoms with Crippen LogP contribution in [0.15, 0.2) is 41.5 Å². The van der Waals surface area contributed by atoms with Gasteiger partial charge in [-0.15, -0.1) is 0 Å². The maximum absolute atomic E-state index is 12.5. The number of hydrogen-bond donors (Lipinski definition) is 0. The molecule has 2 aliphatic rings. The predicted molar refractivity (Wildman–Crippen MR) is 100 cm³/mol. The lowest BCUT2D eigenvalue weighted by molar-refractivity contribution is 0.482. The van der Waals surface area contributed by atoms with Gasteiger partial charge in [-0.3, -0.25) is 4.79 Å². The summed E-state index contributed by atoms with van der Waals surface area (Å²) in [5.41, 5.74) is 3.21. The Balaban J connectivity index is 1.49. The molecule has 0 saturated carbocycles. The first kappa shape index (κ1) is 15.5. The van der Waals surface area contributed by atoms with Crippen LogP contribution < -0.4 is 10.5 Å². The molecule has 0 spiro atoms. The smallest absolute Gasteiger partial charge is 0.267 e. The van der Waals surface area contributed by atoms with Crippen molar-refractivity contribution in [3.63, 3.8) is 0 Å². The van der Waals surface area contributed by atoms with E-state index in [4.69, 9.17) is 0 Å². The Kier molecular flexibility index (Phi) is 3.69. The molecule has 3 aromatic rings. The van der Waals surface area contributed by atoms with Gasteiger partial charge in [0.15, 0.2) is 0 Å². The van der Waals surface area contributed by atoms with Gasteiger partial charge in [0.1, 0.15) is 12.1 Å². The number of nitrogens with zero attached hydrogens (tertiary/aromatic N) is 5. The van der Waals surface area contributed by atoms with Crippen LogP contribution in [0.2, 0.25) is 0 Å². The van der Waals surface area contributed by atoms with Crippen LogP contribution >= 0.6 is 0 Å². The molecule has 1 saturated heterocycles. The minimum absolute atomic E-state index is 0.0186. The highest BCUT2D eigenvalue weighted by molar-refractivity contribution is 5.89. The lowest BCUT2D eigenvalue weighted by Gasteiger charge is -2.27. The van der Waals surface area contributed by atoms with Crippen molar-refractivity contribution >= 4 is 16.7 Å². The molecule has 1 aliphatic carbocycles. The Bertz CT molecular complexity index is 1020. The van der Waals surface area contributed by atoms with Crippen molar-refractivity contribution in [2.24, 2.45) is 0 Å². The number of rotatable bonds is 3. The van der Waals surface area contributed by atoms with Gasteiger partial charge in [0, 0.05) is 18.0 Å². The summed E-state index contributed by atoms with van der Waals surface area (Å²) in [6, 6.07) is 10.1. The molecular weight excluding hydrogens is 326 g/mol. The van der Waals surface area contributed by atoms with Crippen LogP contribution in [-0.4, -0.2) is 32.3 Å². The van der Waals surface area contributed by atoms with Crippen molar-refractivity contribution < 1.29 is 0 Å². The van der Waals surface area contributed by atoms with Crippen molar-refractivity contribution in [1.29, 1.82) is 0 Å². The van der Waals surface area contributed by atoms with Gasteiger partial charge in [-0.1, -0.05) is 12.1 Å². The Morgan fingerprint density at radius 3 is 3.00 bits per heavy atom. The van der Waals surface area contributed by atoms with Crippen molar-refractivity contribution in [2.45, 2.75) is 44.7 Å². The molecule has 0 bridgehead atoms. The zero-order chi connectivity index (χ0) is 17.5. The average molecular weight is 347 g/mol. The number of aryl methyl sites for hydroxylation is 2. The number of anilines is 1. The van der Waals surface area contributed by atoms with Gasteiger partial charge in [0.25, 0.3) is 5.56 Å². The SMILES string of the molecule is O=c1cc2c(nn1CC1CCCN1c1ncnc3ccccc13)CCC2. The fourth-order valence-corrected chi connectivity index (χ4v) is 4.29. The summed E-state index contributed by atoms with van der Waals surface area (Å²) in [6.45, 7) is 1.57. The van der Waals surface area contributed by atoms with Gasteiger partial charge in [-0.2, -0.15) is 5.10 Å². The average Bonchev–Trinajstić information content (AvgIpc) is 3.30. The van der Waals surface area contributed by atoms with Gasteiger partial charge < -0.3 is 4.90 Å². The number of para-hydroxylation sites is 1. The number of fused-ring (bicyclic) bond motifs is 2. The van der Waals surface area contributed by atoms with E-state index in [0.29, 0.717) is 6.54 Å². The van der Waals surface area contributed by atoms with E-state index in [1.165, 1.54) is 0 Å². The van der Waals surface area contributed by atoms with Gasteiger partial charge in [-0.25, -0.2) is 14.6 Å². The molecule has 132 valence electrons. The predicted octanol–water partition coefficient (Wildman–Crippen LogP) is 2.34. The molecule has 6 nitrogen and oxygen atoms in total. The first-order valence-corrected chi connectivity index (χ1v) is 9.36. The van der Waals surface area contributed by atoms with Crippen molar-refractivity contribution in [2.75, 3.05) is 11.4 Å². The number of aromatic nitrogens is 4. The summed E-state index contributed by atoms with van der Waals surface area (Å²) in [5.74, 6) is 0.965. The maximum Gasteiger partial charge on any atom is 0.267 e. The quantitative estimate of drug-likeness (QED) is 0.728. The fraction of sp³-hybridized carbons (Fsp3) is 0.400. The molecule has 1 aromatic carbocycles. The zero-order valence-corrected chi connectivity index (χ0v) is 14.6. The van der Waals surface area contributed by atoms with Crippen LogP contribution in [0.1, 0.15) is 30.5 Å². The molecule has 2 aromatic heterocycles. The van der Waals surface area contributed by atoms with E-state index in [0.717, 1.165) is 66.6 Å². The van der Waals surface area contributed by atoms with E-state index >= 15 is 0 Å². The van der Waals surface area contributed by atoms with Crippen LogP contribution in [0.3, 0.4) is 0 Å². The Morgan fingerprint density at radius 2 is 2.04 bits per heavy atom. The third-order valence-corrected chi connectivity index (χ3v) is 5.58. The standard InChI is InChI=1S/C20H21N5O/c26-19-11-14-5-3-9-17(14)23-25(19)12-15-6-4-10-24(15)20-16-7-1-2-8-18(16)21-13-22-20/h1-2,7-8,11,13,15H,3-6,9-10,12H2. The van der Waals surface area contributed by atoms with Gasteiger partial charge in [0.2, 0.25) is 0 Å². The van der Waals surface area contributed by atoms with E-state index in [2.05, 4.69) is 26.0 Å². The lowest BCUT2D eigenvalue weighted by Crippen LogP contribution is -2.38. The largest absolute Gasteiger partial charge is 0.351 e. The molecule has 3 heterocycles. The highest BCUT2D eigenvalue weighted by Crippen LogP contribution is 2.30. The van der Waals surface area contributed by atoms with Gasteiger partial charge >= 0.3 is 0 Å². The lowest BCUT2D eigenvalue weighted by atomic mass is 10.2. The van der Waals surface area contributed by atoms with Crippen molar-refractivity contribution in [3.05, 3.63) is 58.3 Å². The Hall–Kier alpha value is -2.76. The van der Waals surface area contributed by atoms with E-state index in [-0.39, 0.29) is 11.6 Å². The summed E-state index contributed by atoms with van der Waals surface area (Å²) >= 11 is 0. The topological polar surface area (TPSA) is 63.9 Å². The van der Waals surface area contributed by atoms with Crippen LogP contribution in [0.5, 0.6) is 0 Å². The molecule has 1 fully saturated rings. The minimum Gasteiger partial charge on any atom is -0.351 e. The van der Waals surface area contributed by atoms with E-state index in [1.807, 2.05) is 18.2 Å². The van der Waals surface area contributed by atoms with Crippen molar-refractivity contribution in [1.82, 2.24) is 19.7 Å². The molecule has 6 heteroatoms. The second-order valence-corrected chi connectivity index (χ2v) is 7.19. The third-order valence-electron chi connectivity index (χ3n) is 5.58. The normalized spacial score (nSPS) is 19.2. The summed E-state index contributed by atoms with van der Waals surface area (Å²) < 4.78 is 1.66. The van der Waals surface area contributed by atoms with E-state index in [9.17, 15) is 4.79 Å². The van der Waals surface area contributed by atoms with E-state index in [1.54, 1.807) is 17.1 Å². The Morgan fingerprint density at radius 1 is 1.12 bits per heavy atom. The molecular formula is C20H21N5O. The highest BCUT2D eigenvalue weighted by atomic mass is 16.1. The Labute approximate surface area is 151 Å². The maximum atomic E-state index is 12.5. The summed E-state index contributed by atoms with van der Waals surface area (Å²) in [6.07, 6.45) is 6.86. The van der Waals surface area contributed by atoms with E-state index < -0.39 is 0 Å². The molecule has 1 aliphatic heterocycles. The fourth-order valence-electron chi connectivity index (χ4n) is 4.29. The molecule has 5 rings (SSSR count). The first-order chi connectivity index (χ1) is 12.8. The molecule has 0 N–H and O–H groups in total. The minimum atomic E-state index is 0.0186. The molecule has 0 radical (unpaired) electrons. The van der Waals surface area contributed by atoms with Crippen LogP contribution in [0.4, 0.5) is 5.82 Å². The second kappa shape index (κ2) is 6.20. The van der Waals surface area contributed by atoms with Crippen LogP contribution in [0.25, 0.3) is 10.9 Å². The second-order valence-electron chi connectivity index (χ2n) is 7.19. The third kappa shape index (κ3) is 2.57. The first-order valence-electron chi connectivity index (χ1n) is 9.36. The van der Waals surface area contributed by atoms with Crippen LogP contribution in [0, 0.1) is 0 Å². The summed E-state index contributed by atoms with van der Waals surface area (Å²) in [4.78, 5) is 23.7. The number of benzene rings is 1. The van der Waals surface area contributed by atoms with Gasteiger partial charge in [-0.05, 0) is 49.8 Å². The summed E-state index contributed by atoms with van der Waals surface area (Å²) in [7, 11) is 0. The van der Waals surface area contributed by atoms with Crippen molar-refractivity contribution in [3.8, 4) is 0 Å². The zero-order valence-electron chi connectivity index (χ0n) is 14.6. The highest BCUT2D eigenvalue weighted by Gasteiger charge is 2.28. The van der Waals surface area contributed by atoms with Crippen LogP contribution in [-0.2, 0) is 19.4 Å². The molecule has 26 heavy (non-hydrogen) atoms. The molecule has 0 amide bonds. The van der Waals surface area contributed by atoms with Gasteiger partial charge in [0.05, 0.1) is 23.8 Å². The monoisotopic (exact) mass is 347 g/mol.